The summed E-state index contributed by atoms with van der Waals surface area (Å²) in [6.07, 6.45) is 2.78. The van der Waals surface area contributed by atoms with Gasteiger partial charge in [0.2, 0.25) is 0 Å². The molecule has 0 saturated heterocycles. The van der Waals surface area contributed by atoms with Crippen molar-refractivity contribution in [3.05, 3.63) is 53.6 Å². The van der Waals surface area contributed by atoms with Gasteiger partial charge < -0.3 is 4.90 Å². The molecule has 0 unspecified atom stereocenters. The Kier molecular flexibility index (Phi) is 5.69. The molecule has 0 aliphatic carbocycles. The fourth-order valence-electron chi connectivity index (χ4n) is 2.51. The Bertz CT molecular complexity index is 713. The Hall–Kier alpha value is -2.42. The van der Waals surface area contributed by atoms with Crippen LogP contribution < -0.4 is 0 Å². The van der Waals surface area contributed by atoms with Gasteiger partial charge in [-0.2, -0.15) is 0 Å². The third-order valence-electron chi connectivity index (χ3n) is 3.76. The molecule has 23 heavy (non-hydrogen) atoms. The minimum atomic E-state index is 0.757. The second kappa shape index (κ2) is 7.73. The first-order valence-corrected chi connectivity index (χ1v) is 7.96. The van der Waals surface area contributed by atoms with E-state index in [0.717, 1.165) is 23.5 Å². The number of aliphatic imine (C=N–C) groups is 2. The first-order valence-electron chi connectivity index (χ1n) is 7.96. The summed E-state index contributed by atoms with van der Waals surface area (Å²) in [6.45, 7) is 6.26. The second-order valence-electron chi connectivity index (χ2n) is 5.83. The zero-order chi connectivity index (χ0) is 16.8. The third kappa shape index (κ3) is 4.28. The Morgan fingerprint density at radius 1 is 1.09 bits per heavy atom. The van der Waals surface area contributed by atoms with Gasteiger partial charge in [0, 0.05) is 19.7 Å². The number of benzene rings is 2. The molecule has 2 aromatic carbocycles. The van der Waals surface area contributed by atoms with Crippen LogP contribution in [0.15, 0.2) is 52.4 Å². The maximum absolute atomic E-state index is 4.81. The highest BCUT2D eigenvalue weighted by atomic mass is 15.1. The molecule has 0 bridgehead atoms. The first kappa shape index (κ1) is 16.9. The zero-order valence-corrected chi connectivity index (χ0v) is 14.7. The molecule has 120 valence electrons. The van der Waals surface area contributed by atoms with E-state index < -0.39 is 0 Å². The average Bonchev–Trinajstić information content (AvgIpc) is 2.55. The van der Waals surface area contributed by atoms with Crippen LogP contribution in [0.2, 0.25) is 0 Å². The Morgan fingerprint density at radius 2 is 1.78 bits per heavy atom. The summed E-state index contributed by atoms with van der Waals surface area (Å²) in [5.41, 5.74) is 5.91. The highest BCUT2D eigenvalue weighted by Crippen LogP contribution is 2.35. The smallest absolute Gasteiger partial charge is 0.127 e. The molecule has 0 spiro atoms. The molecule has 0 fully saturated rings. The minimum absolute atomic E-state index is 0.757. The van der Waals surface area contributed by atoms with Crippen molar-refractivity contribution in [1.82, 2.24) is 4.90 Å². The van der Waals surface area contributed by atoms with Crippen LogP contribution in [0, 0.1) is 6.92 Å². The van der Waals surface area contributed by atoms with Gasteiger partial charge in [-0.05, 0) is 37.0 Å². The lowest BCUT2D eigenvalue weighted by Gasteiger charge is -2.13. The molecule has 0 aliphatic rings. The van der Waals surface area contributed by atoms with Crippen LogP contribution in [0.4, 0.5) is 5.69 Å². The van der Waals surface area contributed by atoms with Gasteiger partial charge in [-0.1, -0.05) is 49.4 Å². The molecular weight excluding hydrogens is 282 g/mol. The summed E-state index contributed by atoms with van der Waals surface area (Å²) in [4.78, 5) is 11.1. The van der Waals surface area contributed by atoms with E-state index in [2.05, 4.69) is 55.2 Å². The highest BCUT2D eigenvalue weighted by Gasteiger charge is 2.10. The van der Waals surface area contributed by atoms with Crippen molar-refractivity contribution in [2.75, 3.05) is 14.1 Å². The number of hydrogen-bond acceptors (Lipinski definition) is 1. The van der Waals surface area contributed by atoms with E-state index in [-0.39, 0.29) is 0 Å². The summed E-state index contributed by atoms with van der Waals surface area (Å²) in [5, 5.41) is 0. The van der Waals surface area contributed by atoms with Crippen molar-refractivity contribution in [3.63, 3.8) is 0 Å². The van der Waals surface area contributed by atoms with Gasteiger partial charge >= 0.3 is 0 Å². The standard InChI is InChI=1S/C20H25N3/c1-6-17-12-13-19(18-10-8-7-9-11-18)20(15(17)2)22-16(3)21-14-23(4)5/h7-14H,6H2,1-5H3. The summed E-state index contributed by atoms with van der Waals surface area (Å²) in [7, 11) is 3.91. The molecule has 2 aromatic rings. The van der Waals surface area contributed by atoms with E-state index in [9.17, 15) is 0 Å². The first-order chi connectivity index (χ1) is 11.0. The van der Waals surface area contributed by atoms with Crippen LogP contribution in [0.25, 0.3) is 11.1 Å². The van der Waals surface area contributed by atoms with E-state index in [0.29, 0.717) is 0 Å². The van der Waals surface area contributed by atoms with E-state index >= 15 is 0 Å². The topological polar surface area (TPSA) is 28.0 Å². The van der Waals surface area contributed by atoms with Crippen molar-refractivity contribution in [3.8, 4) is 11.1 Å². The average molecular weight is 307 g/mol. The van der Waals surface area contributed by atoms with E-state index in [1.165, 1.54) is 16.7 Å². The molecule has 2 rings (SSSR count). The van der Waals surface area contributed by atoms with Crippen molar-refractivity contribution in [2.45, 2.75) is 27.2 Å². The van der Waals surface area contributed by atoms with Gasteiger partial charge in [-0.3, -0.25) is 0 Å². The predicted molar refractivity (Wildman–Crippen MR) is 101 cm³/mol. The molecule has 0 atom stereocenters. The fourth-order valence-corrected chi connectivity index (χ4v) is 2.51. The quantitative estimate of drug-likeness (QED) is 0.585. The van der Waals surface area contributed by atoms with Gasteiger partial charge in [0.15, 0.2) is 0 Å². The van der Waals surface area contributed by atoms with Crippen LogP contribution in [0.5, 0.6) is 0 Å². The van der Waals surface area contributed by atoms with Crippen LogP contribution >= 0.6 is 0 Å². The molecule has 0 aliphatic heterocycles. The molecule has 0 N–H and O–H groups in total. The summed E-state index contributed by atoms with van der Waals surface area (Å²) >= 11 is 0. The van der Waals surface area contributed by atoms with Crippen LogP contribution in [-0.2, 0) is 6.42 Å². The van der Waals surface area contributed by atoms with Gasteiger partial charge in [-0.25, -0.2) is 9.98 Å². The lowest BCUT2D eigenvalue weighted by molar-refractivity contribution is 0.644. The van der Waals surface area contributed by atoms with Crippen molar-refractivity contribution >= 4 is 17.9 Å². The van der Waals surface area contributed by atoms with E-state index in [4.69, 9.17) is 4.99 Å². The molecule has 3 heteroatoms. The van der Waals surface area contributed by atoms with Gasteiger partial charge in [0.05, 0.1) is 12.0 Å². The lowest BCUT2D eigenvalue weighted by atomic mass is 9.96. The fraction of sp³-hybridized carbons (Fsp3) is 0.300. The Morgan fingerprint density at radius 3 is 2.39 bits per heavy atom. The van der Waals surface area contributed by atoms with Crippen molar-refractivity contribution in [1.29, 1.82) is 0 Å². The van der Waals surface area contributed by atoms with Gasteiger partial charge in [-0.15, -0.1) is 0 Å². The molecule has 0 heterocycles. The Balaban J connectivity index is 2.57. The number of nitrogens with zero attached hydrogens (tertiary/aromatic N) is 3. The van der Waals surface area contributed by atoms with Crippen LogP contribution in [0.3, 0.4) is 0 Å². The highest BCUT2D eigenvalue weighted by molar-refractivity contribution is 5.92. The predicted octanol–water partition coefficient (Wildman–Crippen LogP) is 4.86. The SMILES string of the molecule is CCc1ccc(-c2ccccc2)c(N=C(C)N=CN(C)C)c1C. The monoisotopic (exact) mass is 307 g/mol. The number of amidine groups is 1. The largest absolute Gasteiger partial charge is 0.369 e. The number of rotatable bonds is 4. The molecule has 0 radical (unpaired) electrons. The maximum Gasteiger partial charge on any atom is 0.127 e. The summed E-state index contributed by atoms with van der Waals surface area (Å²) in [5.74, 6) is 0.757. The second-order valence-corrected chi connectivity index (χ2v) is 5.83. The number of hydrogen-bond donors (Lipinski definition) is 0. The molecule has 0 saturated carbocycles. The number of aryl methyl sites for hydroxylation is 1. The van der Waals surface area contributed by atoms with Gasteiger partial charge in [0.25, 0.3) is 0 Å². The minimum Gasteiger partial charge on any atom is -0.369 e. The molecule has 0 amide bonds. The van der Waals surface area contributed by atoms with Crippen LogP contribution in [0.1, 0.15) is 25.0 Å². The van der Waals surface area contributed by atoms with Gasteiger partial charge in [0.1, 0.15) is 5.84 Å². The Labute approximate surface area is 139 Å². The molecule has 0 aromatic heterocycles. The lowest BCUT2D eigenvalue weighted by Crippen LogP contribution is -2.08. The van der Waals surface area contributed by atoms with Crippen molar-refractivity contribution in [2.24, 2.45) is 9.98 Å². The zero-order valence-electron chi connectivity index (χ0n) is 14.7. The summed E-state index contributed by atoms with van der Waals surface area (Å²) in [6, 6.07) is 14.8. The van der Waals surface area contributed by atoms with E-state index in [1.54, 1.807) is 6.34 Å². The molecule has 3 nitrogen and oxygen atoms in total. The van der Waals surface area contributed by atoms with E-state index in [1.807, 2.05) is 32.0 Å². The normalized spacial score (nSPS) is 12.0. The maximum atomic E-state index is 4.81. The van der Waals surface area contributed by atoms with Crippen LogP contribution in [-0.4, -0.2) is 31.2 Å². The molecular formula is C20H25N3. The third-order valence-corrected chi connectivity index (χ3v) is 3.76. The van der Waals surface area contributed by atoms with Crippen molar-refractivity contribution < 1.29 is 0 Å². The summed E-state index contributed by atoms with van der Waals surface area (Å²) < 4.78 is 0.